The highest BCUT2D eigenvalue weighted by molar-refractivity contribution is 6.30. The second-order valence-electron chi connectivity index (χ2n) is 7.90. The zero-order chi connectivity index (χ0) is 19.7. The number of likely N-dealkylation sites (tertiary alicyclic amines) is 1. The maximum atomic E-state index is 12.9. The summed E-state index contributed by atoms with van der Waals surface area (Å²) in [5, 5.41) is 0.639. The summed E-state index contributed by atoms with van der Waals surface area (Å²) in [7, 11) is 4.09. The molecule has 1 atom stereocenters. The van der Waals surface area contributed by atoms with Gasteiger partial charge in [0.1, 0.15) is 5.60 Å². The highest BCUT2D eigenvalue weighted by Gasteiger charge is 2.42. The molecule has 4 rings (SSSR count). The first-order valence-corrected chi connectivity index (χ1v) is 10.0. The Labute approximate surface area is 171 Å². The summed E-state index contributed by atoms with van der Waals surface area (Å²) in [6.07, 6.45) is 4.63. The van der Waals surface area contributed by atoms with Crippen LogP contribution in [0.5, 0.6) is 0 Å². The third-order valence-corrected chi connectivity index (χ3v) is 5.87. The summed E-state index contributed by atoms with van der Waals surface area (Å²) < 4.78 is 6.19. The van der Waals surface area contributed by atoms with E-state index in [-0.39, 0.29) is 11.5 Å². The lowest BCUT2D eigenvalue weighted by Gasteiger charge is -2.39. The summed E-state index contributed by atoms with van der Waals surface area (Å²) in [6, 6.07) is 15.6. The molecule has 0 saturated carbocycles. The van der Waals surface area contributed by atoms with Crippen molar-refractivity contribution < 1.29 is 9.53 Å². The number of carbonyl (C=O) groups excluding carboxylic acids is 1. The van der Waals surface area contributed by atoms with Crippen molar-refractivity contribution in [3.63, 3.8) is 0 Å². The van der Waals surface area contributed by atoms with E-state index in [4.69, 9.17) is 16.3 Å². The average Bonchev–Trinajstić information content (AvgIpc) is 3.11. The van der Waals surface area contributed by atoms with E-state index >= 15 is 0 Å². The van der Waals surface area contributed by atoms with Crippen LogP contribution in [0.2, 0.25) is 5.02 Å². The van der Waals surface area contributed by atoms with Crippen molar-refractivity contribution in [3.05, 3.63) is 70.9 Å². The van der Waals surface area contributed by atoms with Crippen LogP contribution in [0.3, 0.4) is 0 Å². The van der Waals surface area contributed by atoms with Crippen molar-refractivity contribution in [2.75, 3.05) is 32.1 Å². The molecule has 1 fully saturated rings. The number of carbonyl (C=O) groups is 1. The van der Waals surface area contributed by atoms with Gasteiger partial charge in [-0.15, -0.1) is 0 Å². The molecule has 2 aromatic carbocycles. The van der Waals surface area contributed by atoms with Crippen LogP contribution < -0.4 is 4.90 Å². The van der Waals surface area contributed by atoms with Gasteiger partial charge in [0.15, 0.2) is 0 Å². The van der Waals surface area contributed by atoms with Crippen LogP contribution in [-0.2, 0) is 4.74 Å². The van der Waals surface area contributed by atoms with E-state index in [0.29, 0.717) is 17.1 Å². The lowest BCUT2D eigenvalue weighted by atomic mass is 9.86. The summed E-state index contributed by atoms with van der Waals surface area (Å²) in [5.41, 5.74) is 3.91. The quantitative estimate of drug-likeness (QED) is 0.744. The van der Waals surface area contributed by atoms with Crippen molar-refractivity contribution in [2.24, 2.45) is 0 Å². The lowest BCUT2D eigenvalue weighted by molar-refractivity contribution is -0.0190. The second kappa shape index (κ2) is 7.51. The first-order chi connectivity index (χ1) is 13.5. The van der Waals surface area contributed by atoms with Crippen LogP contribution in [0.4, 0.5) is 5.69 Å². The molecule has 2 aliphatic rings. The van der Waals surface area contributed by atoms with Gasteiger partial charge >= 0.3 is 0 Å². The Hall–Kier alpha value is -2.46. The SMILES string of the molecule is CN(C)c1cccc(C2=COC3(CCCN(C(=O)c4ccc(Cl)cc4)C3)C2)c1. The Balaban J connectivity index is 1.48. The second-order valence-corrected chi connectivity index (χ2v) is 8.34. The van der Waals surface area contributed by atoms with Gasteiger partial charge < -0.3 is 14.5 Å². The van der Waals surface area contributed by atoms with Gasteiger partial charge in [-0.2, -0.15) is 0 Å². The minimum absolute atomic E-state index is 0.0439. The number of hydrogen-bond donors (Lipinski definition) is 0. The molecule has 1 unspecified atom stereocenters. The molecule has 2 aliphatic heterocycles. The number of benzene rings is 2. The Morgan fingerprint density at radius 2 is 1.96 bits per heavy atom. The molecule has 2 aromatic rings. The molecule has 0 radical (unpaired) electrons. The average molecular weight is 397 g/mol. The highest BCUT2D eigenvalue weighted by atomic mass is 35.5. The molecule has 0 aromatic heterocycles. The number of halogens is 1. The van der Waals surface area contributed by atoms with Crippen LogP contribution >= 0.6 is 11.6 Å². The standard InChI is InChI=1S/C23H25ClN2O2/c1-25(2)21-6-3-5-18(13-21)19-14-23(28-15-19)11-4-12-26(16-23)22(27)17-7-9-20(24)10-8-17/h3,5-10,13,15H,4,11-12,14,16H2,1-2H3. The number of piperidine rings is 1. The van der Waals surface area contributed by atoms with Crippen LogP contribution in [0.1, 0.15) is 35.2 Å². The largest absolute Gasteiger partial charge is 0.492 e. The van der Waals surface area contributed by atoms with Gasteiger partial charge in [0.2, 0.25) is 0 Å². The first kappa shape index (κ1) is 18.9. The van der Waals surface area contributed by atoms with Crippen LogP contribution in [0.15, 0.2) is 54.8 Å². The van der Waals surface area contributed by atoms with Crippen molar-refractivity contribution >= 4 is 28.8 Å². The van der Waals surface area contributed by atoms with Gasteiger partial charge in [-0.25, -0.2) is 0 Å². The first-order valence-electron chi connectivity index (χ1n) is 9.65. The Kier molecular flexibility index (Phi) is 5.07. The topological polar surface area (TPSA) is 32.8 Å². The van der Waals surface area contributed by atoms with Crippen molar-refractivity contribution in [2.45, 2.75) is 24.9 Å². The summed E-state index contributed by atoms with van der Waals surface area (Å²) in [4.78, 5) is 16.9. The van der Waals surface area contributed by atoms with Crippen molar-refractivity contribution in [1.82, 2.24) is 4.90 Å². The number of ether oxygens (including phenoxy) is 1. The molecule has 5 heteroatoms. The number of amides is 1. The number of rotatable bonds is 3. The third-order valence-electron chi connectivity index (χ3n) is 5.61. The smallest absolute Gasteiger partial charge is 0.253 e. The molecular formula is C23H25ClN2O2. The van der Waals surface area contributed by atoms with Crippen molar-refractivity contribution in [1.29, 1.82) is 0 Å². The van der Waals surface area contributed by atoms with E-state index in [1.165, 1.54) is 16.8 Å². The zero-order valence-electron chi connectivity index (χ0n) is 16.3. The molecule has 28 heavy (non-hydrogen) atoms. The Morgan fingerprint density at radius 1 is 1.18 bits per heavy atom. The summed E-state index contributed by atoms with van der Waals surface area (Å²) in [5.74, 6) is 0.0439. The summed E-state index contributed by atoms with van der Waals surface area (Å²) >= 11 is 5.95. The van der Waals surface area contributed by atoms with E-state index in [9.17, 15) is 4.79 Å². The minimum Gasteiger partial charge on any atom is -0.492 e. The third kappa shape index (κ3) is 3.74. The molecular weight excluding hydrogens is 372 g/mol. The zero-order valence-corrected chi connectivity index (χ0v) is 17.1. The molecule has 0 N–H and O–H groups in total. The monoisotopic (exact) mass is 396 g/mol. The van der Waals surface area contributed by atoms with Gasteiger partial charge in [0.05, 0.1) is 12.8 Å². The van der Waals surface area contributed by atoms with Crippen LogP contribution in [0, 0.1) is 0 Å². The van der Waals surface area contributed by atoms with E-state index in [0.717, 1.165) is 25.8 Å². The van der Waals surface area contributed by atoms with E-state index in [2.05, 4.69) is 29.2 Å². The predicted octanol–water partition coefficient (Wildman–Crippen LogP) is 4.84. The maximum Gasteiger partial charge on any atom is 0.253 e. The van der Waals surface area contributed by atoms with Crippen LogP contribution in [-0.4, -0.2) is 43.6 Å². The molecule has 1 spiro atoms. The van der Waals surface area contributed by atoms with Gasteiger partial charge in [0, 0.05) is 43.3 Å². The van der Waals surface area contributed by atoms with Crippen molar-refractivity contribution in [3.8, 4) is 0 Å². The fraction of sp³-hybridized carbons (Fsp3) is 0.348. The molecule has 0 aliphatic carbocycles. The molecule has 1 amide bonds. The van der Waals surface area contributed by atoms with Gasteiger partial charge in [-0.05, 0) is 60.4 Å². The molecule has 4 nitrogen and oxygen atoms in total. The van der Waals surface area contributed by atoms with Gasteiger partial charge in [0.25, 0.3) is 5.91 Å². The Morgan fingerprint density at radius 3 is 2.71 bits per heavy atom. The Bertz CT molecular complexity index is 907. The maximum absolute atomic E-state index is 12.9. The molecule has 146 valence electrons. The fourth-order valence-electron chi connectivity index (χ4n) is 4.07. The number of nitrogens with zero attached hydrogens (tertiary/aromatic N) is 2. The lowest BCUT2D eigenvalue weighted by Crippen LogP contribution is -2.50. The van der Waals surface area contributed by atoms with Crippen LogP contribution in [0.25, 0.3) is 5.57 Å². The molecule has 0 bridgehead atoms. The van der Waals surface area contributed by atoms with Gasteiger partial charge in [-0.3, -0.25) is 4.79 Å². The van der Waals surface area contributed by atoms with E-state index in [1.54, 1.807) is 24.3 Å². The van der Waals surface area contributed by atoms with Gasteiger partial charge in [-0.1, -0.05) is 23.7 Å². The fourth-order valence-corrected chi connectivity index (χ4v) is 4.19. The highest BCUT2D eigenvalue weighted by Crippen LogP contribution is 2.41. The minimum atomic E-state index is -0.316. The molecule has 2 heterocycles. The number of anilines is 1. The molecule has 1 saturated heterocycles. The predicted molar refractivity (Wildman–Crippen MR) is 114 cm³/mol. The van der Waals surface area contributed by atoms with E-state index in [1.807, 2.05) is 25.3 Å². The normalized spacial score (nSPS) is 21.4. The summed E-state index contributed by atoms with van der Waals surface area (Å²) in [6.45, 7) is 1.37. The number of hydrogen-bond acceptors (Lipinski definition) is 3. The van der Waals surface area contributed by atoms with E-state index < -0.39 is 0 Å².